The lowest BCUT2D eigenvalue weighted by molar-refractivity contribution is 0.430. The molecule has 74 valence electrons. The van der Waals surface area contributed by atoms with Gasteiger partial charge in [0.1, 0.15) is 0 Å². The molecule has 1 rings (SSSR count). The van der Waals surface area contributed by atoms with Crippen LogP contribution in [-0.2, 0) is 0 Å². The van der Waals surface area contributed by atoms with Crippen LogP contribution in [0.2, 0.25) is 5.22 Å². The fourth-order valence-electron chi connectivity index (χ4n) is 1.48. The first-order valence-electron chi connectivity index (χ1n) is 4.65. The Bertz CT molecular complexity index is 259. The van der Waals surface area contributed by atoms with Gasteiger partial charge in [-0.05, 0) is 30.0 Å². The van der Waals surface area contributed by atoms with E-state index in [4.69, 9.17) is 21.8 Å². The molecule has 0 saturated heterocycles. The average molecular weight is 202 g/mol. The highest BCUT2D eigenvalue weighted by atomic mass is 35.5. The molecule has 0 aliphatic carbocycles. The highest BCUT2D eigenvalue weighted by Crippen LogP contribution is 2.29. The first-order valence-corrected chi connectivity index (χ1v) is 5.03. The molecule has 1 aromatic rings. The van der Waals surface area contributed by atoms with Crippen molar-refractivity contribution >= 4 is 11.6 Å². The van der Waals surface area contributed by atoms with Gasteiger partial charge in [-0.1, -0.05) is 20.3 Å². The van der Waals surface area contributed by atoms with E-state index < -0.39 is 0 Å². The lowest BCUT2D eigenvalue weighted by atomic mass is 9.93. The molecule has 0 amide bonds. The van der Waals surface area contributed by atoms with E-state index in [0.717, 1.165) is 18.4 Å². The molecule has 2 atom stereocenters. The molecular weight excluding hydrogens is 186 g/mol. The van der Waals surface area contributed by atoms with Gasteiger partial charge in [0.15, 0.2) is 5.22 Å². The summed E-state index contributed by atoms with van der Waals surface area (Å²) in [4.78, 5) is 0. The molecule has 1 heterocycles. The van der Waals surface area contributed by atoms with E-state index in [9.17, 15) is 0 Å². The molecule has 1 aromatic heterocycles. The van der Waals surface area contributed by atoms with Crippen molar-refractivity contribution in [3.05, 3.63) is 23.1 Å². The van der Waals surface area contributed by atoms with Crippen molar-refractivity contribution in [2.75, 3.05) is 0 Å². The maximum atomic E-state index is 6.03. The second-order valence-corrected chi connectivity index (χ2v) is 3.78. The second kappa shape index (κ2) is 4.68. The number of halogens is 1. The molecule has 2 nitrogen and oxygen atoms in total. The largest absolute Gasteiger partial charge is 0.453 e. The molecule has 0 spiro atoms. The molecule has 0 fully saturated rings. The molecule has 0 aliphatic rings. The second-order valence-electron chi connectivity index (χ2n) is 3.44. The summed E-state index contributed by atoms with van der Waals surface area (Å²) in [7, 11) is 0. The van der Waals surface area contributed by atoms with Gasteiger partial charge in [-0.25, -0.2) is 0 Å². The third-order valence-electron chi connectivity index (χ3n) is 2.36. The topological polar surface area (TPSA) is 39.2 Å². The average Bonchev–Trinajstić information content (AvgIpc) is 2.50. The van der Waals surface area contributed by atoms with Crippen LogP contribution in [0.4, 0.5) is 0 Å². The summed E-state index contributed by atoms with van der Waals surface area (Å²) in [5.41, 5.74) is 6.94. The van der Waals surface area contributed by atoms with E-state index in [-0.39, 0.29) is 6.04 Å². The predicted octanol–water partition coefficient (Wildman–Crippen LogP) is 3.37. The Kier molecular flexibility index (Phi) is 3.82. The highest BCUT2D eigenvalue weighted by molar-refractivity contribution is 6.29. The summed E-state index contributed by atoms with van der Waals surface area (Å²) in [5.74, 6) is 0.445. The van der Waals surface area contributed by atoms with Crippen LogP contribution in [0.5, 0.6) is 0 Å². The summed E-state index contributed by atoms with van der Waals surface area (Å²) < 4.78 is 5.00. The summed E-state index contributed by atoms with van der Waals surface area (Å²) in [6.07, 6.45) is 3.84. The van der Waals surface area contributed by atoms with Crippen LogP contribution >= 0.6 is 11.6 Å². The van der Waals surface area contributed by atoms with Gasteiger partial charge in [0.25, 0.3) is 0 Å². The van der Waals surface area contributed by atoms with Crippen LogP contribution < -0.4 is 5.73 Å². The van der Waals surface area contributed by atoms with E-state index in [1.54, 1.807) is 6.26 Å². The molecule has 0 aliphatic heterocycles. The van der Waals surface area contributed by atoms with Crippen molar-refractivity contribution < 1.29 is 4.42 Å². The van der Waals surface area contributed by atoms with Crippen molar-refractivity contribution in [2.45, 2.75) is 32.7 Å². The lowest BCUT2D eigenvalue weighted by Crippen LogP contribution is -2.18. The molecule has 13 heavy (non-hydrogen) atoms. The Balaban J connectivity index is 2.67. The van der Waals surface area contributed by atoms with E-state index in [1.807, 2.05) is 6.07 Å². The van der Waals surface area contributed by atoms with Crippen molar-refractivity contribution in [3.63, 3.8) is 0 Å². The Morgan fingerprint density at radius 1 is 1.62 bits per heavy atom. The van der Waals surface area contributed by atoms with E-state index in [1.165, 1.54) is 0 Å². The summed E-state index contributed by atoms with van der Waals surface area (Å²) in [6, 6.07) is 1.84. The number of hydrogen-bond donors (Lipinski definition) is 1. The Morgan fingerprint density at radius 3 is 2.77 bits per heavy atom. The van der Waals surface area contributed by atoms with Crippen LogP contribution in [0.15, 0.2) is 16.7 Å². The molecule has 0 radical (unpaired) electrons. The van der Waals surface area contributed by atoms with Gasteiger partial charge in [-0.3, -0.25) is 0 Å². The predicted molar refractivity (Wildman–Crippen MR) is 54.7 cm³/mol. The van der Waals surface area contributed by atoms with Gasteiger partial charge in [-0.15, -0.1) is 0 Å². The summed E-state index contributed by atoms with van der Waals surface area (Å²) in [6.45, 7) is 4.29. The van der Waals surface area contributed by atoms with E-state index >= 15 is 0 Å². The third-order valence-corrected chi connectivity index (χ3v) is 2.67. The normalized spacial score (nSPS) is 15.7. The molecular formula is C10H16ClNO. The first-order chi connectivity index (χ1) is 6.16. The zero-order chi connectivity index (χ0) is 9.84. The van der Waals surface area contributed by atoms with Crippen LogP contribution in [0, 0.1) is 5.92 Å². The van der Waals surface area contributed by atoms with Gasteiger partial charge in [0, 0.05) is 11.6 Å². The number of rotatable bonds is 4. The Labute approximate surface area is 84.1 Å². The Hall–Kier alpha value is -0.470. The highest BCUT2D eigenvalue weighted by Gasteiger charge is 2.18. The van der Waals surface area contributed by atoms with E-state index in [2.05, 4.69) is 13.8 Å². The van der Waals surface area contributed by atoms with Crippen LogP contribution in [0.3, 0.4) is 0 Å². The molecule has 0 bridgehead atoms. The van der Waals surface area contributed by atoms with Crippen molar-refractivity contribution in [1.82, 2.24) is 0 Å². The molecule has 0 aromatic carbocycles. The molecule has 3 heteroatoms. The van der Waals surface area contributed by atoms with Crippen molar-refractivity contribution in [3.8, 4) is 0 Å². The van der Waals surface area contributed by atoms with Gasteiger partial charge >= 0.3 is 0 Å². The molecule has 0 saturated carbocycles. The molecule has 2 unspecified atom stereocenters. The number of nitrogens with two attached hydrogens (primary N) is 1. The van der Waals surface area contributed by atoms with Crippen LogP contribution in [0.1, 0.15) is 38.3 Å². The van der Waals surface area contributed by atoms with Gasteiger partial charge in [-0.2, -0.15) is 0 Å². The number of hydrogen-bond acceptors (Lipinski definition) is 2. The monoisotopic (exact) mass is 201 g/mol. The number of furan rings is 1. The first kappa shape index (κ1) is 10.6. The zero-order valence-electron chi connectivity index (χ0n) is 8.09. The van der Waals surface area contributed by atoms with Gasteiger partial charge in [0.2, 0.25) is 0 Å². The minimum absolute atomic E-state index is 0.00815. The summed E-state index contributed by atoms with van der Waals surface area (Å²) >= 11 is 5.83. The summed E-state index contributed by atoms with van der Waals surface area (Å²) in [5, 5.41) is 0.426. The van der Waals surface area contributed by atoms with Crippen molar-refractivity contribution in [2.24, 2.45) is 11.7 Å². The SMILES string of the molecule is CCCC(C)C(N)c1ccoc1Cl. The van der Waals surface area contributed by atoms with Gasteiger partial charge < -0.3 is 10.2 Å². The standard InChI is InChI=1S/C10H16ClNO/c1-3-4-7(2)9(12)8-5-6-13-10(8)11/h5-7,9H,3-4,12H2,1-2H3. The fourth-order valence-corrected chi connectivity index (χ4v) is 1.72. The lowest BCUT2D eigenvalue weighted by Gasteiger charge is -2.17. The Morgan fingerprint density at radius 2 is 2.31 bits per heavy atom. The zero-order valence-corrected chi connectivity index (χ0v) is 8.84. The minimum atomic E-state index is -0.00815. The molecule has 2 N–H and O–H groups in total. The van der Waals surface area contributed by atoms with Gasteiger partial charge in [0.05, 0.1) is 6.26 Å². The minimum Gasteiger partial charge on any atom is -0.453 e. The maximum absolute atomic E-state index is 6.03. The van der Waals surface area contributed by atoms with E-state index in [0.29, 0.717) is 11.1 Å². The smallest absolute Gasteiger partial charge is 0.197 e. The van der Waals surface area contributed by atoms with Crippen LogP contribution in [0.25, 0.3) is 0 Å². The quantitative estimate of drug-likeness (QED) is 0.812. The van der Waals surface area contributed by atoms with Crippen molar-refractivity contribution in [1.29, 1.82) is 0 Å². The fraction of sp³-hybridized carbons (Fsp3) is 0.600. The van der Waals surface area contributed by atoms with Crippen LogP contribution in [-0.4, -0.2) is 0 Å². The third kappa shape index (κ3) is 2.48. The maximum Gasteiger partial charge on any atom is 0.197 e.